The molecule has 0 aliphatic carbocycles. The van der Waals surface area contributed by atoms with Crippen molar-refractivity contribution in [3.8, 4) is 6.07 Å². The molecule has 1 amide bonds. The summed E-state index contributed by atoms with van der Waals surface area (Å²) >= 11 is 6.12. The van der Waals surface area contributed by atoms with Crippen LogP contribution in [0.1, 0.15) is 44.2 Å². The second-order valence-electron chi connectivity index (χ2n) is 5.30. The Hall–Kier alpha value is -2.19. The quantitative estimate of drug-likeness (QED) is 0.787. The van der Waals surface area contributed by atoms with Gasteiger partial charge in [0.1, 0.15) is 5.69 Å². The molecule has 5 nitrogen and oxygen atoms in total. The van der Waals surface area contributed by atoms with E-state index in [1.165, 1.54) is 0 Å². The number of hydrogen-bond donors (Lipinski definition) is 1. The van der Waals surface area contributed by atoms with Gasteiger partial charge in [0.2, 0.25) is 5.91 Å². The van der Waals surface area contributed by atoms with Crippen LogP contribution in [0, 0.1) is 11.3 Å². The molecule has 0 fully saturated rings. The molecule has 0 saturated carbocycles. The van der Waals surface area contributed by atoms with Crippen LogP contribution in [0.2, 0.25) is 5.15 Å². The number of aromatic nitrogens is 2. The first-order valence-electron chi connectivity index (χ1n) is 7.77. The lowest BCUT2D eigenvalue weighted by Gasteiger charge is -2.11. The average Bonchev–Trinajstić information content (AvgIpc) is 2.55. The van der Waals surface area contributed by atoms with Gasteiger partial charge in [0.25, 0.3) is 0 Å². The second-order valence-corrected chi connectivity index (χ2v) is 5.66. The van der Waals surface area contributed by atoms with E-state index in [0.29, 0.717) is 17.6 Å². The van der Waals surface area contributed by atoms with Crippen molar-refractivity contribution in [2.75, 3.05) is 6.54 Å². The van der Waals surface area contributed by atoms with Crippen molar-refractivity contribution in [1.29, 1.82) is 5.26 Å². The Labute approximate surface area is 140 Å². The minimum atomic E-state index is -1.05. The maximum Gasteiger partial charge on any atom is 0.243 e. The normalized spacial score (nSPS) is 11.9. The zero-order valence-electron chi connectivity index (χ0n) is 13.1. The van der Waals surface area contributed by atoms with E-state index in [1.807, 2.05) is 18.2 Å². The van der Waals surface area contributed by atoms with E-state index in [2.05, 4.69) is 22.2 Å². The number of hydrogen-bond acceptors (Lipinski definition) is 4. The minimum absolute atomic E-state index is 0.0939. The molecule has 0 spiro atoms. The van der Waals surface area contributed by atoms with Crippen LogP contribution in [0.15, 0.2) is 24.3 Å². The van der Waals surface area contributed by atoms with Crippen LogP contribution in [-0.2, 0) is 4.79 Å². The third-order valence-electron chi connectivity index (χ3n) is 3.55. The summed E-state index contributed by atoms with van der Waals surface area (Å²) in [6.45, 7) is 2.68. The molecule has 1 atom stereocenters. The van der Waals surface area contributed by atoms with E-state index in [4.69, 9.17) is 11.6 Å². The van der Waals surface area contributed by atoms with Crippen LogP contribution in [-0.4, -0.2) is 22.4 Å². The summed E-state index contributed by atoms with van der Waals surface area (Å²) in [6.07, 6.45) is 4.23. The molecule has 0 saturated heterocycles. The van der Waals surface area contributed by atoms with E-state index in [0.717, 1.165) is 25.7 Å². The van der Waals surface area contributed by atoms with Crippen molar-refractivity contribution in [3.63, 3.8) is 0 Å². The number of rotatable bonds is 7. The molecule has 1 N–H and O–H groups in total. The van der Waals surface area contributed by atoms with Crippen molar-refractivity contribution in [2.45, 2.75) is 38.5 Å². The molecule has 6 heteroatoms. The molecule has 1 unspecified atom stereocenters. The predicted octanol–water partition coefficient (Wildman–Crippen LogP) is 3.59. The van der Waals surface area contributed by atoms with Gasteiger partial charge in [0.05, 0.1) is 17.1 Å². The van der Waals surface area contributed by atoms with Crippen LogP contribution in [0.4, 0.5) is 0 Å². The number of halogens is 1. The van der Waals surface area contributed by atoms with E-state index < -0.39 is 5.92 Å². The smallest absolute Gasteiger partial charge is 0.243 e. The molecule has 2 rings (SSSR count). The number of nitrogens with zero attached hydrogens (tertiary/aromatic N) is 3. The average molecular weight is 331 g/mol. The predicted molar refractivity (Wildman–Crippen MR) is 90.1 cm³/mol. The fourth-order valence-electron chi connectivity index (χ4n) is 2.29. The summed E-state index contributed by atoms with van der Waals surface area (Å²) in [7, 11) is 0. The number of nitrogens with one attached hydrogen (secondary N) is 1. The lowest BCUT2D eigenvalue weighted by atomic mass is 10.1. The highest BCUT2D eigenvalue weighted by atomic mass is 35.5. The van der Waals surface area contributed by atoms with Gasteiger partial charge in [0.15, 0.2) is 11.1 Å². The number of benzene rings is 1. The van der Waals surface area contributed by atoms with Gasteiger partial charge >= 0.3 is 0 Å². The van der Waals surface area contributed by atoms with Crippen LogP contribution < -0.4 is 5.32 Å². The van der Waals surface area contributed by atoms with Gasteiger partial charge in [-0.15, -0.1) is 0 Å². The number of nitriles is 1. The first kappa shape index (κ1) is 17.2. The molecule has 23 heavy (non-hydrogen) atoms. The van der Waals surface area contributed by atoms with Crippen molar-refractivity contribution in [2.24, 2.45) is 0 Å². The van der Waals surface area contributed by atoms with Gasteiger partial charge in [-0.05, 0) is 18.6 Å². The first-order chi connectivity index (χ1) is 11.2. The summed E-state index contributed by atoms with van der Waals surface area (Å²) in [6, 6.07) is 9.19. The van der Waals surface area contributed by atoms with Gasteiger partial charge in [-0.1, -0.05) is 49.9 Å². The largest absolute Gasteiger partial charge is 0.355 e. The molecule has 0 aliphatic heterocycles. The fraction of sp³-hybridized carbons (Fsp3) is 0.412. The highest BCUT2D eigenvalue weighted by Crippen LogP contribution is 2.23. The number of para-hydroxylation sites is 2. The van der Waals surface area contributed by atoms with Crippen molar-refractivity contribution in [3.05, 3.63) is 35.1 Å². The molecular weight excluding hydrogens is 312 g/mol. The standard InChI is InChI=1S/C17H19ClN4O/c1-2-3-4-7-10-20-17(23)12(11-19)15-16(18)22-14-9-6-5-8-13(14)21-15/h5-6,8-9,12H,2-4,7,10H2,1H3,(H,20,23). The lowest BCUT2D eigenvalue weighted by molar-refractivity contribution is -0.121. The topological polar surface area (TPSA) is 78.7 Å². The highest BCUT2D eigenvalue weighted by Gasteiger charge is 2.25. The number of unbranched alkanes of at least 4 members (excludes halogenated alkanes) is 3. The SMILES string of the molecule is CCCCCCNC(=O)C(C#N)c1nc2ccccc2nc1Cl. The Morgan fingerprint density at radius 3 is 2.61 bits per heavy atom. The monoisotopic (exact) mass is 330 g/mol. The molecule has 1 aromatic heterocycles. The Morgan fingerprint density at radius 1 is 1.26 bits per heavy atom. The first-order valence-corrected chi connectivity index (χ1v) is 8.14. The summed E-state index contributed by atoms with van der Waals surface area (Å²) in [5, 5.41) is 12.2. The zero-order chi connectivity index (χ0) is 16.7. The summed E-state index contributed by atoms with van der Waals surface area (Å²) in [4.78, 5) is 20.8. The molecule has 1 heterocycles. The molecular formula is C17H19ClN4O. The lowest BCUT2D eigenvalue weighted by Crippen LogP contribution is -2.30. The number of fused-ring (bicyclic) bond motifs is 1. The maximum absolute atomic E-state index is 12.2. The van der Waals surface area contributed by atoms with Gasteiger partial charge < -0.3 is 5.32 Å². The van der Waals surface area contributed by atoms with E-state index >= 15 is 0 Å². The molecule has 120 valence electrons. The maximum atomic E-state index is 12.2. The summed E-state index contributed by atoms with van der Waals surface area (Å²) < 4.78 is 0. The molecule has 2 aromatic rings. The van der Waals surface area contributed by atoms with Crippen LogP contribution >= 0.6 is 11.6 Å². The number of carbonyl (C=O) groups is 1. The molecule has 0 bridgehead atoms. The van der Waals surface area contributed by atoms with E-state index in [9.17, 15) is 10.1 Å². The fourth-order valence-corrected chi connectivity index (χ4v) is 2.53. The van der Waals surface area contributed by atoms with Gasteiger partial charge in [-0.25, -0.2) is 9.97 Å². The van der Waals surface area contributed by atoms with Crippen LogP contribution in [0.5, 0.6) is 0 Å². The third-order valence-corrected chi connectivity index (χ3v) is 3.83. The van der Waals surface area contributed by atoms with Crippen LogP contribution in [0.25, 0.3) is 11.0 Å². The van der Waals surface area contributed by atoms with Crippen molar-refractivity contribution >= 4 is 28.5 Å². The minimum Gasteiger partial charge on any atom is -0.355 e. The van der Waals surface area contributed by atoms with E-state index in [1.54, 1.807) is 12.1 Å². The van der Waals surface area contributed by atoms with Gasteiger partial charge in [-0.3, -0.25) is 4.79 Å². The third kappa shape index (κ3) is 4.40. The Balaban J connectivity index is 2.12. The second kappa shape index (κ2) is 8.44. The molecule has 0 aliphatic rings. The van der Waals surface area contributed by atoms with E-state index in [-0.39, 0.29) is 16.8 Å². The number of amides is 1. The van der Waals surface area contributed by atoms with Crippen molar-refractivity contribution in [1.82, 2.24) is 15.3 Å². The molecule has 1 aromatic carbocycles. The Bertz CT molecular complexity index is 726. The van der Waals surface area contributed by atoms with Crippen molar-refractivity contribution < 1.29 is 4.79 Å². The summed E-state index contributed by atoms with van der Waals surface area (Å²) in [5.74, 6) is -1.43. The number of carbonyl (C=O) groups excluding carboxylic acids is 1. The Kier molecular flexibility index (Phi) is 6.30. The molecule has 0 radical (unpaired) electrons. The van der Waals surface area contributed by atoms with Gasteiger partial charge in [0, 0.05) is 6.54 Å². The highest BCUT2D eigenvalue weighted by molar-refractivity contribution is 6.30. The van der Waals surface area contributed by atoms with Crippen LogP contribution in [0.3, 0.4) is 0 Å². The summed E-state index contributed by atoms with van der Waals surface area (Å²) in [5.41, 5.74) is 1.46. The zero-order valence-corrected chi connectivity index (χ0v) is 13.8. The Morgan fingerprint density at radius 2 is 1.96 bits per heavy atom. The van der Waals surface area contributed by atoms with Gasteiger partial charge in [-0.2, -0.15) is 5.26 Å².